The molecule has 0 aromatic heterocycles. The maximum atomic E-state index is 9.08. The fourth-order valence-electron chi connectivity index (χ4n) is 1.06. The van der Waals surface area contributed by atoms with Crippen LogP contribution in [0.1, 0.15) is 12.8 Å². The second-order valence-electron chi connectivity index (χ2n) is 2.63. The molecule has 0 bridgehead atoms. The van der Waals surface area contributed by atoms with Crippen LogP contribution >= 0.6 is 0 Å². The third-order valence-corrected chi connectivity index (χ3v) is 1.78. The van der Waals surface area contributed by atoms with E-state index in [4.69, 9.17) is 21.3 Å². The fraction of sp³-hybridized carbons (Fsp3) is 1.00. The first-order chi connectivity index (χ1) is 4.74. The van der Waals surface area contributed by atoms with Gasteiger partial charge in [0.1, 0.15) is 0 Å². The summed E-state index contributed by atoms with van der Waals surface area (Å²) in [6.45, 7) is 0.462. The van der Waals surface area contributed by atoms with Gasteiger partial charge in [0.15, 0.2) is 6.29 Å². The van der Waals surface area contributed by atoms with E-state index in [2.05, 4.69) is 0 Å². The Balaban J connectivity index is 2.33. The summed E-state index contributed by atoms with van der Waals surface area (Å²) in [6.07, 6.45) is 0.828. The number of hydrogen-bond acceptors (Lipinski definition) is 4. The molecule has 0 spiro atoms. The molecule has 1 fully saturated rings. The normalized spacial score (nSPS) is 41.7. The number of rotatable bonds is 1. The largest absolute Gasteiger partial charge is 0.367 e. The van der Waals surface area contributed by atoms with Crippen molar-refractivity contribution in [3.8, 4) is 0 Å². The van der Waals surface area contributed by atoms with Crippen molar-refractivity contribution in [2.75, 3.05) is 6.54 Å². The molecule has 1 unspecified atom stereocenters. The first kappa shape index (κ1) is 7.94. The van der Waals surface area contributed by atoms with Crippen molar-refractivity contribution in [1.82, 2.24) is 0 Å². The summed E-state index contributed by atoms with van der Waals surface area (Å²) in [5, 5.41) is 9.08. The van der Waals surface area contributed by atoms with Gasteiger partial charge in [-0.25, -0.2) is 0 Å². The Kier molecular flexibility index (Phi) is 2.62. The Hall–Kier alpha value is -0.160. The lowest BCUT2D eigenvalue weighted by atomic mass is 10.0. The molecule has 1 aliphatic rings. The van der Waals surface area contributed by atoms with Gasteiger partial charge < -0.3 is 21.3 Å². The van der Waals surface area contributed by atoms with E-state index in [1.165, 1.54) is 0 Å². The maximum Gasteiger partial charge on any atom is 0.170 e. The Bertz CT molecular complexity index is 110. The predicted octanol–water partition coefficient (Wildman–Crippen LogP) is -1.23. The molecule has 1 rings (SSSR count). The van der Waals surface area contributed by atoms with Gasteiger partial charge in [-0.3, -0.25) is 0 Å². The van der Waals surface area contributed by atoms with Gasteiger partial charge in [0, 0.05) is 6.54 Å². The van der Waals surface area contributed by atoms with Gasteiger partial charge in [-0.2, -0.15) is 0 Å². The van der Waals surface area contributed by atoms with Crippen molar-refractivity contribution in [2.24, 2.45) is 11.5 Å². The van der Waals surface area contributed by atoms with Crippen molar-refractivity contribution in [1.29, 1.82) is 0 Å². The third kappa shape index (κ3) is 1.67. The average molecular weight is 146 g/mol. The van der Waals surface area contributed by atoms with Crippen LogP contribution in [-0.4, -0.2) is 30.1 Å². The summed E-state index contributed by atoms with van der Waals surface area (Å²) in [5.41, 5.74) is 10.8. The van der Waals surface area contributed by atoms with Crippen molar-refractivity contribution in [3.05, 3.63) is 0 Å². The van der Waals surface area contributed by atoms with E-state index in [0.717, 1.165) is 12.8 Å². The zero-order valence-corrected chi connectivity index (χ0v) is 5.86. The molecule has 1 saturated heterocycles. The number of aliphatic hydroxyl groups excluding tert-OH is 1. The quantitative estimate of drug-likeness (QED) is 0.432. The van der Waals surface area contributed by atoms with Crippen LogP contribution in [0.15, 0.2) is 0 Å². The first-order valence-electron chi connectivity index (χ1n) is 3.53. The summed E-state index contributed by atoms with van der Waals surface area (Å²) in [6, 6.07) is -0.234. The van der Waals surface area contributed by atoms with Crippen LogP contribution in [0.5, 0.6) is 0 Å². The highest BCUT2D eigenvalue weighted by Crippen LogP contribution is 2.15. The zero-order chi connectivity index (χ0) is 7.56. The van der Waals surface area contributed by atoms with E-state index < -0.39 is 6.29 Å². The molecule has 0 aromatic rings. The van der Waals surface area contributed by atoms with E-state index >= 15 is 0 Å². The van der Waals surface area contributed by atoms with Crippen LogP contribution in [0.3, 0.4) is 0 Å². The topological polar surface area (TPSA) is 81.5 Å². The molecule has 0 amide bonds. The molecule has 4 heteroatoms. The fourth-order valence-corrected chi connectivity index (χ4v) is 1.06. The first-order valence-corrected chi connectivity index (χ1v) is 3.53. The van der Waals surface area contributed by atoms with E-state index in [1.807, 2.05) is 0 Å². The molecule has 0 radical (unpaired) electrons. The summed E-state index contributed by atoms with van der Waals surface area (Å²) >= 11 is 0. The number of aliphatic hydroxyl groups is 1. The Morgan fingerprint density at radius 3 is 2.70 bits per heavy atom. The van der Waals surface area contributed by atoms with Crippen molar-refractivity contribution < 1.29 is 9.84 Å². The molecular weight excluding hydrogens is 132 g/mol. The zero-order valence-electron chi connectivity index (χ0n) is 5.86. The van der Waals surface area contributed by atoms with Crippen LogP contribution in [0.4, 0.5) is 0 Å². The second kappa shape index (κ2) is 3.30. The maximum absolute atomic E-state index is 9.08. The lowest BCUT2D eigenvalue weighted by Gasteiger charge is -2.30. The van der Waals surface area contributed by atoms with Crippen LogP contribution in [-0.2, 0) is 4.74 Å². The molecule has 0 aliphatic carbocycles. The summed E-state index contributed by atoms with van der Waals surface area (Å²) in [4.78, 5) is 0. The van der Waals surface area contributed by atoms with Gasteiger partial charge in [0.25, 0.3) is 0 Å². The standard InChI is InChI=1S/C6H14N2O2/c7-3-4-1-2-5(8)6(9)10-4/h4-6,9H,1-3,7-8H2/t4-,5+,6?/m0/s1. The number of nitrogens with two attached hydrogens (primary N) is 2. The Morgan fingerprint density at radius 2 is 2.20 bits per heavy atom. The summed E-state index contributed by atoms with van der Waals surface area (Å²) < 4.78 is 5.05. The molecular formula is C6H14N2O2. The molecule has 1 aliphatic heterocycles. The van der Waals surface area contributed by atoms with E-state index in [-0.39, 0.29) is 12.1 Å². The van der Waals surface area contributed by atoms with Gasteiger partial charge in [-0.1, -0.05) is 0 Å². The van der Waals surface area contributed by atoms with Gasteiger partial charge in [0.05, 0.1) is 12.1 Å². The highest BCUT2D eigenvalue weighted by molar-refractivity contribution is 4.75. The molecule has 5 N–H and O–H groups in total. The van der Waals surface area contributed by atoms with E-state index in [9.17, 15) is 0 Å². The Morgan fingerprint density at radius 1 is 1.50 bits per heavy atom. The minimum Gasteiger partial charge on any atom is -0.367 e. The van der Waals surface area contributed by atoms with Crippen LogP contribution in [0.25, 0.3) is 0 Å². The van der Waals surface area contributed by atoms with E-state index in [1.54, 1.807) is 0 Å². The van der Waals surface area contributed by atoms with E-state index in [0.29, 0.717) is 6.54 Å². The van der Waals surface area contributed by atoms with Crippen molar-refractivity contribution in [3.63, 3.8) is 0 Å². The van der Waals surface area contributed by atoms with Gasteiger partial charge in [-0.05, 0) is 12.8 Å². The lowest BCUT2D eigenvalue weighted by molar-refractivity contribution is -0.169. The molecule has 0 saturated carbocycles. The average Bonchev–Trinajstić information content (AvgIpc) is 1.95. The van der Waals surface area contributed by atoms with Crippen LogP contribution < -0.4 is 11.5 Å². The molecule has 60 valence electrons. The smallest absolute Gasteiger partial charge is 0.170 e. The number of ether oxygens (including phenoxy) is 1. The third-order valence-electron chi connectivity index (χ3n) is 1.78. The van der Waals surface area contributed by atoms with Crippen molar-refractivity contribution >= 4 is 0 Å². The molecule has 4 nitrogen and oxygen atoms in total. The van der Waals surface area contributed by atoms with Gasteiger partial charge in [-0.15, -0.1) is 0 Å². The molecule has 1 heterocycles. The summed E-state index contributed by atoms with van der Waals surface area (Å²) in [5.74, 6) is 0. The SMILES string of the molecule is NC[C@@H]1CC[C@@H](N)C(O)O1. The summed E-state index contributed by atoms with van der Waals surface area (Å²) in [7, 11) is 0. The minimum absolute atomic E-state index is 0.00481. The van der Waals surface area contributed by atoms with Crippen LogP contribution in [0.2, 0.25) is 0 Å². The molecule has 3 atom stereocenters. The highest BCUT2D eigenvalue weighted by atomic mass is 16.6. The highest BCUT2D eigenvalue weighted by Gasteiger charge is 2.25. The van der Waals surface area contributed by atoms with Crippen molar-refractivity contribution in [2.45, 2.75) is 31.3 Å². The molecule has 0 aromatic carbocycles. The predicted molar refractivity (Wildman–Crippen MR) is 37.1 cm³/mol. The van der Waals surface area contributed by atoms with Gasteiger partial charge >= 0.3 is 0 Å². The monoisotopic (exact) mass is 146 g/mol. The minimum atomic E-state index is -0.817. The lowest BCUT2D eigenvalue weighted by Crippen LogP contribution is -2.46. The Labute approximate surface area is 60.1 Å². The second-order valence-corrected chi connectivity index (χ2v) is 2.63. The van der Waals surface area contributed by atoms with Crippen LogP contribution in [0, 0.1) is 0 Å². The number of hydrogen-bond donors (Lipinski definition) is 3. The van der Waals surface area contributed by atoms with Gasteiger partial charge in [0.2, 0.25) is 0 Å². The molecule has 10 heavy (non-hydrogen) atoms.